The number of β-amino-alcohol motifs (C(OH)–C–C–N with tert-alkyl or cyclic N) is 1. The molecular formula is C34H40ClN7O3. The fourth-order valence-corrected chi connectivity index (χ4v) is 6.94. The first-order chi connectivity index (χ1) is 21.5. The lowest BCUT2D eigenvalue weighted by Crippen LogP contribution is -2.36. The Labute approximate surface area is 268 Å². The van der Waals surface area contributed by atoms with Gasteiger partial charge in [0.1, 0.15) is 0 Å². The zero-order chi connectivity index (χ0) is 32.0. The van der Waals surface area contributed by atoms with E-state index in [1.54, 1.807) is 6.92 Å². The van der Waals surface area contributed by atoms with E-state index in [1.807, 2.05) is 66.6 Å². The summed E-state index contributed by atoms with van der Waals surface area (Å²) in [4.78, 5) is 40.7. The van der Waals surface area contributed by atoms with Crippen LogP contribution >= 0.6 is 11.6 Å². The molecule has 11 heteroatoms. The molecule has 236 valence electrons. The van der Waals surface area contributed by atoms with Gasteiger partial charge in [0.25, 0.3) is 5.91 Å². The van der Waals surface area contributed by atoms with Gasteiger partial charge in [-0.2, -0.15) is 0 Å². The van der Waals surface area contributed by atoms with Crippen molar-refractivity contribution in [3.8, 4) is 11.1 Å². The van der Waals surface area contributed by atoms with Gasteiger partial charge in [-0.25, -0.2) is 9.97 Å². The van der Waals surface area contributed by atoms with E-state index in [9.17, 15) is 14.7 Å². The monoisotopic (exact) mass is 629 g/mol. The molecule has 0 saturated carbocycles. The molecule has 4 aromatic rings. The Bertz CT molecular complexity index is 1790. The third-order valence-electron chi connectivity index (χ3n) is 9.06. The average Bonchev–Trinajstić information content (AvgIpc) is 3.50. The number of aliphatic hydroxyl groups excluding tert-OH is 1. The summed E-state index contributed by atoms with van der Waals surface area (Å²) in [5.41, 5.74) is 7.92. The number of rotatable bonds is 8. The number of imidazole rings is 2. The predicted octanol–water partition coefficient (Wildman–Crippen LogP) is 4.19. The van der Waals surface area contributed by atoms with E-state index in [0.29, 0.717) is 35.4 Å². The summed E-state index contributed by atoms with van der Waals surface area (Å²) in [6.07, 6.45) is 1.36. The highest BCUT2D eigenvalue weighted by Crippen LogP contribution is 2.36. The molecule has 4 heterocycles. The number of anilines is 1. The Hall–Kier alpha value is -3.83. The van der Waals surface area contributed by atoms with Gasteiger partial charge in [-0.15, -0.1) is 0 Å². The number of ketones is 1. The van der Waals surface area contributed by atoms with Crippen LogP contribution in [0.1, 0.15) is 62.1 Å². The summed E-state index contributed by atoms with van der Waals surface area (Å²) in [5, 5.41) is 13.4. The maximum atomic E-state index is 13.5. The van der Waals surface area contributed by atoms with Gasteiger partial charge in [-0.3, -0.25) is 14.5 Å². The van der Waals surface area contributed by atoms with E-state index in [0.717, 1.165) is 77.5 Å². The van der Waals surface area contributed by atoms with E-state index in [4.69, 9.17) is 16.6 Å². The first kappa shape index (κ1) is 31.2. The van der Waals surface area contributed by atoms with Gasteiger partial charge in [0.2, 0.25) is 5.78 Å². The van der Waals surface area contributed by atoms with Crippen LogP contribution in [0.3, 0.4) is 0 Å². The molecule has 0 spiro atoms. The number of aromatic nitrogens is 4. The second-order valence-electron chi connectivity index (χ2n) is 12.4. The lowest BCUT2D eigenvalue weighted by atomic mass is 9.96. The first-order valence-corrected chi connectivity index (χ1v) is 15.8. The van der Waals surface area contributed by atoms with Gasteiger partial charge in [0.15, 0.2) is 11.6 Å². The fourth-order valence-electron chi connectivity index (χ4n) is 6.64. The molecule has 2 aromatic heterocycles. The van der Waals surface area contributed by atoms with Gasteiger partial charge in [0, 0.05) is 88.7 Å². The number of fused-ring (bicyclic) bond motifs is 2. The maximum absolute atomic E-state index is 13.5. The van der Waals surface area contributed by atoms with Gasteiger partial charge >= 0.3 is 0 Å². The molecule has 0 fully saturated rings. The quantitative estimate of drug-likeness (QED) is 0.282. The summed E-state index contributed by atoms with van der Waals surface area (Å²) in [6.45, 7) is 7.40. The topological polar surface area (TPSA) is 109 Å². The number of carbonyl (C=O) groups is 2. The van der Waals surface area contributed by atoms with Crippen LogP contribution < -0.4 is 5.32 Å². The Kier molecular flexibility index (Phi) is 8.67. The number of hydrogen-bond acceptors (Lipinski definition) is 7. The second kappa shape index (κ2) is 12.5. The van der Waals surface area contributed by atoms with Crippen molar-refractivity contribution < 1.29 is 14.7 Å². The molecule has 0 bridgehead atoms. The third-order valence-corrected chi connectivity index (χ3v) is 9.50. The highest BCUT2D eigenvalue weighted by Gasteiger charge is 2.27. The van der Waals surface area contributed by atoms with Crippen LogP contribution in [0.2, 0.25) is 5.02 Å². The molecule has 0 saturated heterocycles. The number of nitrogens with zero attached hydrogens (tertiary/aromatic N) is 6. The second-order valence-corrected chi connectivity index (χ2v) is 12.8. The van der Waals surface area contributed by atoms with Crippen LogP contribution in [-0.2, 0) is 46.4 Å². The molecule has 0 aliphatic carbocycles. The highest BCUT2D eigenvalue weighted by atomic mass is 35.5. The van der Waals surface area contributed by atoms with Crippen molar-refractivity contribution in [3.63, 3.8) is 0 Å². The molecule has 10 nitrogen and oxygen atoms in total. The summed E-state index contributed by atoms with van der Waals surface area (Å²) < 4.78 is 3.81. The zero-order valence-electron chi connectivity index (χ0n) is 26.5. The molecule has 2 aliphatic rings. The number of carbonyl (C=O) groups excluding carboxylic acids is 2. The van der Waals surface area contributed by atoms with Crippen LogP contribution in [0.4, 0.5) is 5.69 Å². The molecule has 2 aliphatic heterocycles. The van der Waals surface area contributed by atoms with Crippen molar-refractivity contribution in [2.24, 2.45) is 14.1 Å². The highest BCUT2D eigenvalue weighted by molar-refractivity contribution is 6.34. The number of aliphatic hydroxyl groups is 1. The molecular weight excluding hydrogens is 590 g/mol. The largest absolute Gasteiger partial charge is 0.392 e. The molecule has 1 amide bonds. The van der Waals surface area contributed by atoms with Crippen molar-refractivity contribution in [1.82, 2.24) is 28.9 Å². The van der Waals surface area contributed by atoms with Crippen LogP contribution in [-0.4, -0.2) is 78.5 Å². The number of hydrogen-bond donors (Lipinski definition) is 2. The summed E-state index contributed by atoms with van der Waals surface area (Å²) in [7, 11) is 5.85. The van der Waals surface area contributed by atoms with Crippen molar-refractivity contribution in [3.05, 3.63) is 87.0 Å². The van der Waals surface area contributed by atoms with Crippen LogP contribution in [0.15, 0.2) is 36.4 Å². The van der Waals surface area contributed by atoms with E-state index in [2.05, 4.69) is 27.1 Å². The van der Waals surface area contributed by atoms with Crippen LogP contribution in [0, 0.1) is 6.92 Å². The van der Waals surface area contributed by atoms with Crippen LogP contribution in [0.25, 0.3) is 11.1 Å². The van der Waals surface area contributed by atoms with Gasteiger partial charge in [-0.05, 0) is 43.7 Å². The van der Waals surface area contributed by atoms with Crippen LogP contribution in [0.5, 0.6) is 0 Å². The SMILES string of the molecule is Cc1c(NC(=O)c2nc3c(n2C)CCN(C[C@H](C)O)C3)cccc1-c1cccc(CC(=O)c2nc3c(n2C)CCN(C)C3)c1Cl. The van der Waals surface area contributed by atoms with Gasteiger partial charge in [-0.1, -0.05) is 41.9 Å². The van der Waals surface area contributed by atoms with E-state index < -0.39 is 6.10 Å². The summed E-state index contributed by atoms with van der Waals surface area (Å²) in [5.74, 6) is 0.455. The minimum absolute atomic E-state index is 0.0712. The lowest BCUT2D eigenvalue weighted by Gasteiger charge is -2.27. The molecule has 2 N–H and O–H groups in total. The van der Waals surface area contributed by atoms with Crippen molar-refractivity contribution >= 4 is 29.0 Å². The third kappa shape index (κ3) is 6.07. The minimum atomic E-state index is -0.420. The minimum Gasteiger partial charge on any atom is -0.392 e. The number of benzene rings is 2. The molecule has 1 atom stereocenters. The average molecular weight is 630 g/mol. The standard InChI is InChI=1S/C34H40ClN7O3/c1-20(43)17-42-15-13-29-27(19-42)37-33(41(29)5)34(45)38-25-11-7-9-23(21(25)2)24-10-6-8-22(31(24)35)16-30(44)32-36-26-18-39(3)14-12-28(26)40(32)4/h6-11,20,43H,12-19H2,1-5H3,(H,38,45)/t20-/m0/s1. The molecule has 0 unspecified atom stereocenters. The summed E-state index contributed by atoms with van der Waals surface area (Å²) in [6, 6.07) is 11.5. The molecule has 45 heavy (non-hydrogen) atoms. The smallest absolute Gasteiger partial charge is 0.291 e. The summed E-state index contributed by atoms with van der Waals surface area (Å²) >= 11 is 6.98. The molecule has 2 aromatic carbocycles. The number of halogens is 1. The number of amides is 1. The van der Waals surface area contributed by atoms with Gasteiger partial charge < -0.3 is 24.5 Å². The Balaban J connectivity index is 1.22. The van der Waals surface area contributed by atoms with E-state index in [-0.39, 0.29) is 18.1 Å². The van der Waals surface area contributed by atoms with E-state index >= 15 is 0 Å². The Morgan fingerprint density at radius 3 is 2.33 bits per heavy atom. The Morgan fingerprint density at radius 2 is 1.58 bits per heavy atom. The van der Waals surface area contributed by atoms with Crippen molar-refractivity contribution in [2.75, 3.05) is 32.0 Å². The lowest BCUT2D eigenvalue weighted by molar-refractivity contribution is 0.0977. The molecule has 0 radical (unpaired) electrons. The molecule has 6 rings (SSSR count). The number of nitrogens with one attached hydrogen (secondary N) is 1. The van der Waals surface area contributed by atoms with Crippen molar-refractivity contribution in [2.45, 2.75) is 52.3 Å². The first-order valence-electron chi connectivity index (χ1n) is 15.4. The number of Topliss-reactive ketones (excluding diaryl/α,β-unsaturated/α-hetero) is 1. The fraction of sp³-hybridized carbons (Fsp3) is 0.412. The Morgan fingerprint density at radius 1 is 0.933 bits per heavy atom. The predicted molar refractivity (Wildman–Crippen MR) is 175 cm³/mol. The zero-order valence-corrected chi connectivity index (χ0v) is 27.3. The normalized spacial score (nSPS) is 15.9. The van der Waals surface area contributed by atoms with E-state index in [1.165, 1.54) is 0 Å². The van der Waals surface area contributed by atoms with Gasteiger partial charge in [0.05, 0.1) is 22.5 Å². The maximum Gasteiger partial charge on any atom is 0.291 e. The number of likely N-dealkylation sites (N-methyl/N-ethyl adjacent to an activating group) is 1. The van der Waals surface area contributed by atoms with Crippen molar-refractivity contribution in [1.29, 1.82) is 0 Å².